The van der Waals surface area contributed by atoms with E-state index in [9.17, 15) is 9.90 Å². The molecule has 1 amide bonds. The molecule has 1 unspecified atom stereocenters. The highest BCUT2D eigenvalue weighted by Crippen LogP contribution is 2.36. The van der Waals surface area contributed by atoms with Crippen LogP contribution in [0, 0.1) is 0 Å². The Hall–Kier alpha value is -2.52. The lowest BCUT2D eigenvalue weighted by molar-refractivity contribution is -0.121. The second-order valence-electron chi connectivity index (χ2n) is 8.85. The van der Waals surface area contributed by atoms with Gasteiger partial charge in [-0.05, 0) is 41.0 Å². The van der Waals surface area contributed by atoms with Gasteiger partial charge in [0.2, 0.25) is 5.91 Å². The van der Waals surface area contributed by atoms with Gasteiger partial charge in [0, 0.05) is 17.0 Å². The van der Waals surface area contributed by atoms with Crippen LogP contribution in [-0.4, -0.2) is 11.0 Å². The molecule has 0 aliphatic rings. The molecule has 0 saturated heterocycles. The van der Waals surface area contributed by atoms with Crippen LogP contribution in [0.5, 0.6) is 5.75 Å². The van der Waals surface area contributed by atoms with Crippen molar-refractivity contribution < 1.29 is 9.90 Å². The number of halogens is 1. The number of hydrogen-bond donors (Lipinski definition) is 2. The average molecular weight is 466 g/mol. The summed E-state index contributed by atoms with van der Waals surface area (Å²) in [5.74, 6) is 0.183. The number of fused-ring (bicyclic) bond motifs is 1. The molecule has 3 aromatic carbocycles. The molecular formula is C29H36ClNO2. The van der Waals surface area contributed by atoms with Gasteiger partial charge in [-0.1, -0.05) is 112 Å². The van der Waals surface area contributed by atoms with Crippen molar-refractivity contribution in [3.8, 4) is 5.75 Å². The zero-order valence-electron chi connectivity index (χ0n) is 19.7. The van der Waals surface area contributed by atoms with E-state index in [0.717, 1.165) is 34.7 Å². The van der Waals surface area contributed by atoms with Crippen LogP contribution >= 0.6 is 11.6 Å². The van der Waals surface area contributed by atoms with Crippen LogP contribution in [0.15, 0.2) is 60.7 Å². The van der Waals surface area contributed by atoms with Gasteiger partial charge in [-0.2, -0.15) is 0 Å². The minimum atomic E-state index is -0.445. The van der Waals surface area contributed by atoms with Crippen LogP contribution in [-0.2, 0) is 4.79 Å². The summed E-state index contributed by atoms with van der Waals surface area (Å²) in [6.45, 7) is 2.24. The highest BCUT2D eigenvalue weighted by molar-refractivity contribution is 6.30. The van der Waals surface area contributed by atoms with Crippen molar-refractivity contribution in [2.45, 2.75) is 77.2 Å². The molecule has 0 fully saturated rings. The Labute approximate surface area is 203 Å². The molecule has 3 nitrogen and oxygen atoms in total. The Morgan fingerprint density at radius 3 is 2.18 bits per heavy atom. The van der Waals surface area contributed by atoms with Gasteiger partial charge in [-0.25, -0.2) is 0 Å². The van der Waals surface area contributed by atoms with E-state index >= 15 is 0 Å². The van der Waals surface area contributed by atoms with E-state index in [2.05, 4.69) is 12.2 Å². The van der Waals surface area contributed by atoms with Gasteiger partial charge in [-0.15, -0.1) is 0 Å². The number of hydrogen-bond acceptors (Lipinski definition) is 2. The molecule has 0 aromatic heterocycles. The van der Waals surface area contributed by atoms with E-state index in [1.54, 1.807) is 6.07 Å². The summed E-state index contributed by atoms with van der Waals surface area (Å²) >= 11 is 6.10. The summed E-state index contributed by atoms with van der Waals surface area (Å²) in [4.78, 5) is 12.9. The van der Waals surface area contributed by atoms with E-state index in [0.29, 0.717) is 11.4 Å². The molecule has 0 saturated carbocycles. The fraction of sp³-hybridized carbons (Fsp3) is 0.414. The summed E-state index contributed by atoms with van der Waals surface area (Å²) in [5.41, 5.74) is 1.61. The number of aromatic hydroxyl groups is 1. The van der Waals surface area contributed by atoms with Gasteiger partial charge < -0.3 is 10.4 Å². The van der Waals surface area contributed by atoms with Crippen molar-refractivity contribution >= 4 is 28.3 Å². The predicted molar refractivity (Wildman–Crippen MR) is 139 cm³/mol. The number of benzene rings is 3. The van der Waals surface area contributed by atoms with E-state index in [1.807, 2.05) is 54.6 Å². The predicted octanol–water partition coefficient (Wildman–Crippen LogP) is 8.33. The van der Waals surface area contributed by atoms with Gasteiger partial charge in [0.25, 0.3) is 0 Å². The molecular weight excluding hydrogens is 430 g/mol. The third-order valence-electron chi connectivity index (χ3n) is 6.25. The lowest BCUT2D eigenvalue weighted by atomic mass is 9.92. The molecule has 176 valence electrons. The average Bonchev–Trinajstić information content (AvgIpc) is 2.82. The number of phenolic OH excluding ortho intramolecular Hbond substituents is 1. The summed E-state index contributed by atoms with van der Waals surface area (Å²) in [5, 5.41) is 16.6. The highest BCUT2D eigenvalue weighted by atomic mass is 35.5. The maximum absolute atomic E-state index is 12.9. The molecule has 33 heavy (non-hydrogen) atoms. The zero-order chi connectivity index (χ0) is 23.5. The summed E-state index contributed by atoms with van der Waals surface area (Å²) in [6.07, 6.45) is 11.5. The van der Waals surface area contributed by atoms with Gasteiger partial charge in [0.1, 0.15) is 5.75 Å². The van der Waals surface area contributed by atoms with Crippen LogP contribution in [0.25, 0.3) is 10.8 Å². The molecule has 0 radical (unpaired) electrons. The fourth-order valence-electron chi connectivity index (χ4n) is 4.39. The van der Waals surface area contributed by atoms with E-state index in [-0.39, 0.29) is 11.7 Å². The fourth-order valence-corrected chi connectivity index (χ4v) is 4.52. The first-order valence-electron chi connectivity index (χ1n) is 12.4. The largest absolute Gasteiger partial charge is 0.508 e. The molecule has 0 spiro atoms. The third kappa shape index (κ3) is 7.50. The van der Waals surface area contributed by atoms with E-state index in [1.165, 1.54) is 44.9 Å². The van der Waals surface area contributed by atoms with Gasteiger partial charge in [0.05, 0.1) is 6.04 Å². The Kier molecular flexibility index (Phi) is 10.1. The number of carbonyl (C=O) groups is 1. The van der Waals surface area contributed by atoms with Crippen molar-refractivity contribution in [3.63, 3.8) is 0 Å². The zero-order valence-corrected chi connectivity index (χ0v) is 20.4. The number of nitrogens with one attached hydrogen (secondary N) is 1. The smallest absolute Gasteiger partial charge is 0.220 e. The van der Waals surface area contributed by atoms with Gasteiger partial charge >= 0.3 is 0 Å². The number of amides is 1. The first-order chi connectivity index (χ1) is 16.1. The molecule has 2 N–H and O–H groups in total. The topological polar surface area (TPSA) is 49.3 Å². The Bertz CT molecular complexity index is 1020. The normalized spacial score (nSPS) is 12.1. The maximum Gasteiger partial charge on any atom is 0.220 e. The molecule has 0 aliphatic carbocycles. The standard InChI is InChI=1S/C29H36ClNO2/c1-2-3-4-5-6-7-8-9-10-15-27(33)31-29(23-16-19-24(30)20-17-23)28-25-14-12-11-13-22(25)18-21-26(28)32/h11-14,16-21,29,32H,2-10,15H2,1H3,(H,31,33). The minimum absolute atomic E-state index is 0.00484. The van der Waals surface area contributed by atoms with E-state index in [4.69, 9.17) is 11.6 Å². The first-order valence-corrected chi connectivity index (χ1v) is 12.7. The minimum Gasteiger partial charge on any atom is -0.508 e. The molecule has 0 bridgehead atoms. The van der Waals surface area contributed by atoms with E-state index < -0.39 is 6.04 Å². The van der Waals surface area contributed by atoms with Crippen LogP contribution in [0.4, 0.5) is 0 Å². The molecule has 3 rings (SSSR count). The number of phenols is 1. The summed E-state index contributed by atoms with van der Waals surface area (Å²) < 4.78 is 0. The van der Waals surface area contributed by atoms with Crippen molar-refractivity contribution in [1.29, 1.82) is 0 Å². The van der Waals surface area contributed by atoms with Gasteiger partial charge in [0.15, 0.2) is 0 Å². The van der Waals surface area contributed by atoms with Crippen LogP contribution in [0.2, 0.25) is 5.02 Å². The van der Waals surface area contributed by atoms with Crippen LogP contribution in [0.3, 0.4) is 0 Å². The molecule has 3 aromatic rings. The SMILES string of the molecule is CCCCCCCCCCCC(=O)NC(c1ccc(Cl)cc1)c1c(O)ccc2ccccc12. The lowest BCUT2D eigenvalue weighted by Crippen LogP contribution is -2.29. The number of rotatable bonds is 13. The van der Waals surface area contributed by atoms with Crippen molar-refractivity contribution in [3.05, 3.63) is 76.8 Å². The monoisotopic (exact) mass is 465 g/mol. The van der Waals surface area contributed by atoms with Crippen molar-refractivity contribution in [1.82, 2.24) is 5.32 Å². The summed E-state index contributed by atoms with van der Waals surface area (Å²) in [7, 11) is 0. The molecule has 4 heteroatoms. The second-order valence-corrected chi connectivity index (χ2v) is 9.29. The highest BCUT2D eigenvalue weighted by Gasteiger charge is 2.22. The third-order valence-corrected chi connectivity index (χ3v) is 6.50. The molecule has 1 atom stereocenters. The quantitative estimate of drug-likeness (QED) is 0.249. The van der Waals surface area contributed by atoms with Gasteiger partial charge in [-0.3, -0.25) is 4.79 Å². The molecule has 0 aliphatic heterocycles. The second kappa shape index (κ2) is 13.3. The Balaban J connectivity index is 1.65. The first kappa shape index (κ1) is 25.1. The van der Waals surface area contributed by atoms with Crippen molar-refractivity contribution in [2.75, 3.05) is 0 Å². The number of unbranched alkanes of at least 4 members (excludes halogenated alkanes) is 8. The number of carbonyl (C=O) groups excluding carboxylic acids is 1. The molecule has 0 heterocycles. The maximum atomic E-state index is 12.9. The van der Waals surface area contributed by atoms with Crippen LogP contribution in [0.1, 0.15) is 88.3 Å². The van der Waals surface area contributed by atoms with Crippen molar-refractivity contribution in [2.24, 2.45) is 0 Å². The Morgan fingerprint density at radius 2 is 1.48 bits per heavy atom. The summed E-state index contributed by atoms with van der Waals surface area (Å²) in [6, 6.07) is 18.5. The lowest BCUT2D eigenvalue weighted by Gasteiger charge is -2.23. The Morgan fingerprint density at radius 1 is 0.848 bits per heavy atom. The van der Waals surface area contributed by atoms with Crippen LogP contribution < -0.4 is 5.32 Å².